The van der Waals surface area contributed by atoms with E-state index in [1.807, 2.05) is 38.1 Å². The molecule has 2 aromatic rings. The summed E-state index contributed by atoms with van der Waals surface area (Å²) in [6.45, 7) is 5.77. The lowest BCUT2D eigenvalue weighted by molar-refractivity contribution is -0.139. The number of halogens is 1. The fourth-order valence-corrected chi connectivity index (χ4v) is 4.61. The predicted molar refractivity (Wildman–Crippen MR) is 139 cm³/mol. The average molecular weight is 524 g/mol. The van der Waals surface area contributed by atoms with Gasteiger partial charge >= 0.3 is 0 Å². The second-order valence-electron chi connectivity index (χ2n) is 8.36. The van der Waals surface area contributed by atoms with Crippen molar-refractivity contribution < 1.29 is 22.7 Å². The standard InChI is InChI=1S/C25H34ClN3O5S/c1-6-7-14-27-25(31)19(3)28(16-20-11-9-8-10-18(20)2)24(30)17-29(35(5,32)33)21-12-13-23(34-4)22(26)15-21/h8-13,15,19H,6-7,14,16-17H2,1-5H3,(H,27,31)/t19-/m1/s1. The number of aryl methyl sites for hydroxylation is 1. The average Bonchev–Trinajstić information content (AvgIpc) is 2.80. The summed E-state index contributed by atoms with van der Waals surface area (Å²) in [5.41, 5.74) is 2.06. The predicted octanol–water partition coefficient (Wildman–Crippen LogP) is 3.76. The van der Waals surface area contributed by atoms with E-state index in [4.69, 9.17) is 16.3 Å². The number of sulfonamides is 1. The Morgan fingerprint density at radius 1 is 1.17 bits per heavy atom. The molecule has 0 spiro atoms. The van der Waals surface area contributed by atoms with Gasteiger partial charge in [0.15, 0.2) is 0 Å². The Morgan fingerprint density at radius 3 is 2.43 bits per heavy atom. The molecule has 10 heteroatoms. The molecule has 0 saturated heterocycles. The fraction of sp³-hybridized carbons (Fsp3) is 0.440. The summed E-state index contributed by atoms with van der Waals surface area (Å²) in [6.07, 6.45) is 2.77. The first-order valence-electron chi connectivity index (χ1n) is 11.4. The van der Waals surface area contributed by atoms with Crippen LogP contribution in [0.15, 0.2) is 42.5 Å². The first-order valence-corrected chi connectivity index (χ1v) is 13.6. The lowest BCUT2D eigenvalue weighted by Crippen LogP contribution is -2.51. The van der Waals surface area contributed by atoms with Crippen LogP contribution in [-0.4, -0.2) is 57.6 Å². The number of carbonyl (C=O) groups is 2. The third-order valence-corrected chi connectivity index (χ3v) is 7.14. The number of anilines is 1. The number of carbonyl (C=O) groups excluding carboxylic acids is 2. The zero-order valence-electron chi connectivity index (χ0n) is 20.9. The molecule has 2 aromatic carbocycles. The molecule has 35 heavy (non-hydrogen) atoms. The molecule has 0 bridgehead atoms. The highest BCUT2D eigenvalue weighted by molar-refractivity contribution is 7.92. The van der Waals surface area contributed by atoms with Gasteiger partial charge in [-0.1, -0.05) is 49.2 Å². The van der Waals surface area contributed by atoms with E-state index >= 15 is 0 Å². The van der Waals surface area contributed by atoms with E-state index in [0.29, 0.717) is 12.3 Å². The topological polar surface area (TPSA) is 96.0 Å². The summed E-state index contributed by atoms with van der Waals surface area (Å²) in [6, 6.07) is 11.2. The van der Waals surface area contributed by atoms with Gasteiger partial charge in [0, 0.05) is 13.1 Å². The van der Waals surface area contributed by atoms with Crippen molar-refractivity contribution in [3.05, 3.63) is 58.6 Å². The van der Waals surface area contributed by atoms with Gasteiger partial charge in [0.2, 0.25) is 21.8 Å². The van der Waals surface area contributed by atoms with Crippen molar-refractivity contribution in [2.45, 2.75) is 46.2 Å². The van der Waals surface area contributed by atoms with E-state index in [0.717, 1.165) is 34.5 Å². The van der Waals surface area contributed by atoms with Gasteiger partial charge in [-0.2, -0.15) is 0 Å². The molecule has 0 aromatic heterocycles. The van der Waals surface area contributed by atoms with Gasteiger partial charge in [-0.3, -0.25) is 13.9 Å². The highest BCUT2D eigenvalue weighted by Crippen LogP contribution is 2.30. The lowest BCUT2D eigenvalue weighted by Gasteiger charge is -2.32. The summed E-state index contributed by atoms with van der Waals surface area (Å²) >= 11 is 6.21. The number of nitrogens with one attached hydrogen (secondary N) is 1. The maximum absolute atomic E-state index is 13.6. The van der Waals surface area contributed by atoms with Crippen LogP contribution in [0.3, 0.4) is 0 Å². The summed E-state index contributed by atoms with van der Waals surface area (Å²) < 4.78 is 31.4. The summed E-state index contributed by atoms with van der Waals surface area (Å²) in [7, 11) is -2.39. The molecule has 1 N–H and O–H groups in total. The molecule has 192 valence electrons. The number of ether oxygens (including phenoxy) is 1. The van der Waals surface area contributed by atoms with Crippen LogP contribution >= 0.6 is 11.6 Å². The van der Waals surface area contributed by atoms with Crippen molar-refractivity contribution in [2.24, 2.45) is 0 Å². The maximum Gasteiger partial charge on any atom is 0.244 e. The minimum Gasteiger partial charge on any atom is -0.495 e. The van der Waals surface area contributed by atoms with Crippen molar-refractivity contribution in [1.29, 1.82) is 0 Å². The molecule has 2 amide bonds. The van der Waals surface area contributed by atoms with Gasteiger partial charge in [0.25, 0.3) is 0 Å². The Labute approximate surface area is 213 Å². The van der Waals surface area contributed by atoms with E-state index in [9.17, 15) is 18.0 Å². The third-order valence-electron chi connectivity index (χ3n) is 5.70. The number of benzene rings is 2. The monoisotopic (exact) mass is 523 g/mol. The molecular weight excluding hydrogens is 490 g/mol. The van der Waals surface area contributed by atoms with Crippen molar-refractivity contribution in [3.8, 4) is 5.75 Å². The van der Waals surface area contributed by atoms with Gasteiger partial charge in [-0.15, -0.1) is 0 Å². The molecule has 2 rings (SSSR count). The molecule has 0 aliphatic carbocycles. The molecule has 0 saturated carbocycles. The summed E-state index contributed by atoms with van der Waals surface area (Å²) in [5.74, 6) is -0.420. The molecule has 1 atom stereocenters. The van der Waals surface area contributed by atoms with Crippen LogP contribution in [0.2, 0.25) is 5.02 Å². The molecule has 0 aliphatic heterocycles. The number of nitrogens with zero attached hydrogens (tertiary/aromatic N) is 2. The molecular formula is C25H34ClN3O5S. The molecule has 0 radical (unpaired) electrons. The maximum atomic E-state index is 13.6. The third kappa shape index (κ3) is 7.86. The Balaban J connectivity index is 2.39. The summed E-state index contributed by atoms with van der Waals surface area (Å²) in [4.78, 5) is 27.8. The van der Waals surface area contributed by atoms with Crippen molar-refractivity contribution in [1.82, 2.24) is 10.2 Å². The highest BCUT2D eigenvalue weighted by Gasteiger charge is 2.30. The Kier molecular flexibility index (Phi) is 10.4. The van der Waals surface area contributed by atoms with Crippen LogP contribution in [0.25, 0.3) is 0 Å². The van der Waals surface area contributed by atoms with E-state index in [2.05, 4.69) is 5.32 Å². The van der Waals surface area contributed by atoms with Gasteiger partial charge < -0.3 is 15.0 Å². The van der Waals surface area contributed by atoms with Crippen LogP contribution < -0.4 is 14.4 Å². The zero-order chi connectivity index (χ0) is 26.2. The molecule has 0 aliphatic rings. The SMILES string of the molecule is CCCCNC(=O)[C@@H](C)N(Cc1ccccc1C)C(=O)CN(c1ccc(OC)c(Cl)c1)S(C)(=O)=O. The zero-order valence-corrected chi connectivity index (χ0v) is 22.4. The normalized spacial score (nSPS) is 12.1. The molecule has 0 heterocycles. The quantitative estimate of drug-likeness (QED) is 0.427. The van der Waals surface area contributed by atoms with Crippen LogP contribution in [0, 0.1) is 6.92 Å². The van der Waals surface area contributed by atoms with Crippen LogP contribution in [0.1, 0.15) is 37.8 Å². The van der Waals surface area contributed by atoms with E-state index in [1.165, 1.54) is 30.2 Å². The van der Waals surface area contributed by atoms with Gasteiger partial charge in [-0.05, 0) is 49.6 Å². The number of unbranched alkanes of at least 4 members (excludes halogenated alkanes) is 1. The minimum atomic E-state index is -3.84. The Hall–Kier alpha value is -2.78. The number of methoxy groups -OCH3 is 1. The fourth-order valence-electron chi connectivity index (χ4n) is 3.51. The molecule has 8 nitrogen and oxygen atoms in total. The number of amides is 2. The number of hydrogen-bond donors (Lipinski definition) is 1. The number of hydrogen-bond acceptors (Lipinski definition) is 5. The van der Waals surface area contributed by atoms with Crippen molar-refractivity contribution >= 4 is 39.1 Å². The number of rotatable bonds is 12. The Bertz CT molecular complexity index is 1140. The second-order valence-corrected chi connectivity index (χ2v) is 10.7. The van der Waals surface area contributed by atoms with Gasteiger partial charge in [0.05, 0.1) is 24.1 Å². The Morgan fingerprint density at radius 2 is 1.86 bits per heavy atom. The van der Waals surface area contributed by atoms with Crippen molar-refractivity contribution in [3.63, 3.8) is 0 Å². The van der Waals surface area contributed by atoms with E-state index in [1.54, 1.807) is 6.92 Å². The highest BCUT2D eigenvalue weighted by atomic mass is 35.5. The van der Waals surface area contributed by atoms with Gasteiger partial charge in [0.1, 0.15) is 18.3 Å². The molecule has 0 fully saturated rings. The largest absolute Gasteiger partial charge is 0.495 e. The lowest BCUT2D eigenvalue weighted by atomic mass is 10.1. The smallest absolute Gasteiger partial charge is 0.244 e. The molecule has 0 unspecified atom stereocenters. The van der Waals surface area contributed by atoms with Crippen LogP contribution in [-0.2, 0) is 26.2 Å². The first kappa shape index (κ1) is 28.5. The van der Waals surface area contributed by atoms with Gasteiger partial charge in [-0.25, -0.2) is 8.42 Å². The van der Waals surface area contributed by atoms with Crippen LogP contribution in [0.5, 0.6) is 5.75 Å². The van der Waals surface area contributed by atoms with Crippen molar-refractivity contribution in [2.75, 3.05) is 30.8 Å². The second kappa shape index (κ2) is 12.8. The van der Waals surface area contributed by atoms with Crippen LogP contribution in [0.4, 0.5) is 5.69 Å². The minimum absolute atomic E-state index is 0.162. The van der Waals surface area contributed by atoms with E-state index in [-0.39, 0.29) is 23.2 Å². The van der Waals surface area contributed by atoms with E-state index < -0.39 is 28.5 Å². The first-order chi connectivity index (χ1) is 16.5. The summed E-state index contributed by atoms with van der Waals surface area (Å²) in [5, 5.41) is 3.07.